The fourth-order valence-electron chi connectivity index (χ4n) is 1.07. The summed E-state index contributed by atoms with van der Waals surface area (Å²) in [5, 5.41) is 3.01. The molecule has 0 bridgehead atoms. The van der Waals surface area contributed by atoms with E-state index in [2.05, 4.69) is 10.3 Å². The standard InChI is InChI=1S/C11H15ClN2O2.2C2H6/c1-7-5-9(12)13-6-8(7)14-10(15)16-11(2,3)4;2*1-2/h5-6H,1-4H3,(H,14,15);2*1-2H3. The Kier molecular flexibility index (Phi) is 11.0. The first kappa shape index (κ1) is 21.0. The lowest BCUT2D eigenvalue weighted by molar-refractivity contribution is 0.0635. The molecule has 0 saturated heterocycles. The van der Waals surface area contributed by atoms with Gasteiger partial charge >= 0.3 is 6.09 Å². The lowest BCUT2D eigenvalue weighted by Crippen LogP contribution is -2.27. The molecule has 0 radical (unpaired) electrons. The van der Waals surface area contributed by atoms with Crippen LogP contribution >= 0.6 is 11.6 Å². The molecule has 4 nitrogen and oxygen atoms in total. The molecule has 1 heterocycles. The third-order valence-corrected chi connectivity index (χ3v) is 1.92. The number of carbonyl (C=O) groups is 1. The van der Waals surface area contributed by atoms with Crippen molar-refractivity contribution in [2.75, 3.05) is 5.32 Å². The number of hydrogen-bond acceptors (Lipinski definition) is 3. The summed E-state index contributed by atoms with van der Waals surface area (Å²) in [6.07, 6.45) is 1.00. The van der Waals surface area contributed by atoms with Gasteiger partial charge in [-0.1, -0.05) is 39.3 Å². The van der Waals surface area contributed by atoms with Crippen LogP contribution in [0.25, 0.3) is 0 Å². The molecule has 1 aromatic rings. The minimum Gasteiger partial charge on any atom is -0.444 e. The highest BCUT2D eigenvalue weighted by atomic mass is 35.5. The summed E-state index contributed by atoms with van der Waals surface area (Å²) in [5.74, 6) is 0. The predicted octanol–water partition coefficient (Wildman–Crippen LogP) is 5.44. The summed E-state index contributed by atoms with van der Waals surface area (Å²) in [7, 11) is 0. The van der Waals surface area contributed by atoms with Crippen LogP contribution in [0.1, 0.15) is 54.0 Å². The molecule has 1 N–H and O–H groups in total. The van der Waals surface area contributed by atoms with Crippen LogP contribution in [0.15, 0.2) is 12.3 Å². The largest absolute Gasteiger partial charge is 0.444 e. The molecule has 1 rings (SSSR count). The fourth-order valence-corrected chi connectivity index (χ4v) is 1.28. The molecule has 0 atom stereocenters. The van der Waals surface area contributed by atoms with Gasteiger partial charge in [0.1, 0.15) is 10.8 Å². The quantitative estimate of drug-likeness (QED) is 0.702. The Balaban J connectivity index is 0. The number of halogens is 1. The van der Waals surface area contributed by atoms with Crippen molar-refractivity contribution in [1.29, 1.82) is 0 Å². The second-order valence-electron chi connectivity index (χ2n) is 4.45. The first-order chi connectivity index (χ1) is 9.28. The average Bonchev–Trinajstić information content (AvgIpc) is 2.36. The molecule has 0 saturated carbocycles. The van der Waals surface area contributed by atoms with Crippen molar-refractivity contribution in [2.45, 2.75) is 61.0 Å². The molecular weight excluding hydrogens is 276 g/mol. The normalized spacial score (nSPS) is 9.45. The van der Waals surface area contributed by atoms with Crippen LogP contribution in [0.4, 0.5) is 10.5 Å². The number of pyridine rings is 1. The zero-order valence-corrected chi connectivity index (χ0v) is 14.6. The molecule has 0 aliphatic heterocycles. The monoisotopic (exact) mass is 302 g/mol. The molecule has 0 aliphatic rings. The Morgan fingerprint density at radius 3 is 2.15 bits per heavy atom. The van der Waals surface area contributed by atoms with Gasteiger partial charge in [-0.25, -0.2) is 9.78 Å². The number of amides is 1. The van der Waals surface area contributed by atoms with Gasteiger partial charge in [0.25, 0.3) is 0 Å². The topological polar surface area (TPSA) is 51.2 Å². The van der Waals surface area contributed by atoms with E-state index in [1.54, 1.807) is 26.8 Å². The maximum absolute atomic E-state index is 11.5. The minimum atomic E-state index is -0.516. The van der Waals surface area contributed by atoms with Gasteiger partial charge in [0.15, 0.2) is 0 Å². The van der Waals surface area contributed by atoms with Gasteiger partial charge in [0.2, 0.25) is 0 Å². The average molecular weight is 303 g/mol. The summed E-state index contributed by atoms with van der Waals surface area (Å²) in [5.41, 5.74) is 0.919. The van der Waals surface area contributed by atoms with Gasteiger partial charge in [0, 0.05) is 0 Å². The molecule has 116 valence electrons. The maximum atomic E-state index is 11.5. The zero-order chi connectivity index (χ0) is 16.3. The third-order valence-electron chi connectivity index (χ3n) is 1.71. The summed E-state index contributed by atoms with van der Waals surface area (Å²) in [6, 6.07) is 1.67. The molecule has 0 fully saturated rings. The number of hydrogen-bond donors (Lipinski definition) is 1. The van der Waals surface area contributed by atoms with Crippen LogP contribution in [0, 0.1) is 6.92 Å². The second-order valence-corrected chi connectivity index (χ2v) is 4.84. The first-order valence-electron chi connectivity index (χ1n) is 6.90. The molecule has 0 aliphatic carbocycles. The van der Waals surface area contributed by atoms with Gasteiger partial charge in [-0.15, -0.1) is 0 Å². The highest BCUT2D eigenvalue weighted by Crippen LogP contribution is 2.17. The Morgan fingerprint density at radius 1 is 1.25 bits per heavy atom. The van der Waals surface area contributed by atoms with Crippen LogP contribution in [-0.4, -0.2) is 16.7 Å². The van der Waals surface area contributed by atoms with Gasteiger partial charge in [0.05, 0.1) is 11.9 Å². The van der Waals surface area contributed by atoms with E-state index in [1.807, 2.05) is 34.6 Å². The van der Waals surface area contributed by atoms with Gasteiger partial charge in [-0.05, 0) is 39.3 Å². The minimum absolute atomic E-state index is 0.396. The van der Waals surface area contributed by atoms with Crippen LogP contribution in [0.2, 0.25) is 5.15 Å². The van der Waals surface area contributed by atoms with E-state index in [0.717, 1.165) is 5.56 Å². The number of ether oxygens (including phenoxy) is 1. The number of nitrogens with zero attached hydrogens (tertiary/aromatic N) is 1. The zero-order valence-electron chi connectivity index (χ0n) is 13.8. The molecule has 1 amide bonds. The third kappa shape index (κ3) is 9.62. The SMILES string of the molecule is CC.CC.Cc1cc(Cl)ncc1NC(=O)OC(C)(C)C. The number of aromatic nitrogens is 1. The lowest BCUT2D eigenvalue weighted by Gasteiger charge is -2.20. The van der Waals surface area contributed by atoms with Crippen LogP contribution < -0.4 is 5.32 Å². The molecule has 1 aromatic heterocycles. The van der Waals surface area contributed by atoms with Gasteiger partial charge in [-0.2, -0.15) is 0 Å². The van der Waals surface area contributed by atoms with Crippen molar-refractivity contribution < 1.29 is 9.53 Å². The van der Waals surface area contributed by atoms with E-state index in [0.29, 0.717) is 10.8 Å². The number of rotatable bonds is 1. The van der Waals surface area contributed by atoms with Crippen molar-refractivity contribution in [1.82, 2.24) is 4.98 Å². The van der Waals surface area contributed by atoms with E-state index >= 15 is 0 Å². The Morgan fingerprint density at radius 2 is 1.75 bits per heavy atom. The lowest BCUT2D eigenvalue weighted by atomic mass is 10.2. The van der Waals surface area contributed by atoms with E-state index < -0.39 is 11.7 Å². The van der Waals surface area contributed by atoms with Crippen molar-refractivity contribution in [3.8, 4) is 0 Å². The second kappa shape index (κ2) is 10.5. The van der Waals surface area contributed by atoms with E-state index in [-0.39, 0.29) is 0 Å². The molecule has 5 heteroatoms. The summed E-state index contributed by atoms with van der Waals surface area (Å²) >= 11 is 5.70. The van der Waals surface area contributed by atoms with E-state index in [9.17, 15) is 4.79 Å². The number of carbonyl (C=O) groups excluding carboxylic acids is 1. The summed E-state index contributed by atoms with van der Waals surface area (Å²) < 4.78 is 5.12. The van der Waals surface area contributed by atoms with Crippen molar-refractivity contribution in [3.63, 3.8) is 0 Å². The van der Waals surface area contributed by atoms with Gasteiger partial charge in [-0.3, -0.25) is 5.32 Å². The number of aryl methyl sites for hydroxylation is 1. The Bertz CT molecular complexity index is 401. The van der Waals surface area contributed by atoms with Crippen molar-refractivity contribution in [3.05, 3.63) is 23.0 Å². The predicted molar refractivity (Wildman–Crippen MR) is 86.5 cm³/mol. The van der Waals surface area contributed by atoms with Crippen LogP contribution in [0.3, 0.4) is 0 Å². The highest BCUT2D eigenvalue weighted by Gasteiger charge is 2.16. The fraction of sp³-hybridized carbons (Fsp3) is 0.600. The smallest absolute Gasteiger partial charge is 0.412 e. The molecule has 0 aromatic carbocycles. The first-order valence-corrected chi connectivity index (χ1v) is 7.28. The van der Waals surface area contributed by atoms with Crippen molar-refractivity contribution in [2.24, 2.45) is 0 Å². The highest BCUT2D eigenvalue weighted by molar-refractivity contribution is 6.29. The number of anilines is 1. The Hall–Kier alpha value is -1.29. The van der Waals surface area contributed by atoms with Crippen LogP contribution in [-0.2, 0) is 4.74 Å². The summed E-state index contributed by atoms with van der Waals surface area (Å²) in [4.78, 5) is 15.4. The molecule has 20 heavy (non-hydrogen) atoms. The van der Waals surface area contributed by atoms with E-state index in [1.165, 1.54) is 6.20 Å². The molecule has 0 unspecified atom stereocenters. The van der Waals surface area contributed by atoms with E-state index in [4.69, 9.17) is 16.3 Å². The molecule has 0 spiro atoms. The van der Waals surface area contributed by atoms with Crippen LogP contribution in [0.5, 0.6) is 0 Å². The number of nitrogens with one attached hydrogen (secondary N) is 1. The molecular formula is C15H27ClN2O2. The van der Waals surface area contributed by atoms with Gasteiger partial charge < -0.3 is 4.74 Å². The summed E-state index contributed by atoms with van der Waals surface area (Å²) in [6.45, 7) is 15.2. The van der Waals surface area contributed by atoms with Crippen molar-refractivity contribution >= 4 is 23.4 Å². The Labute approximate surface area is 127 Å². The maximum Gasteiger partial charge on any atom is 0.412 e.